The zero-order valence-electron chi connectivity index (χ0n) is 35.1. The van der Waals surface area contributed by atoms with E-state index in [0.29, 0.717) is 0 Å². The number of hydrogen-bond donors (Lipinski definition) is 6. The number of nitrogens with two attached hydrogens (primary N) is 2. The van der Waals surface area contributed by atoms with Gasteiger partial charge in [-0.3, -0.25) is 28.8 Å². The molecule has 0 heterocycles. The SMILES string of the molecule is CCC(=O)O.CCC(=O)OC[C@H](NC(=O)OC(C)(C)C)C(=O)N(C)C.CN(C)C(=O)[C@@H](N)COC(=O)CN.CN(C)C(=O)[C@H](CO)NC(=O)OC(C)(C)C.Cl.Cl. The number of likely N-dealkylation sites (N-methyl/N-ethyl adjacent to an activating group) is 3. The van der Waals surface area contributed by atoms with E-state index in [0.717, 1.165) is 0 Å². The van der Waals surface area contributed by atoms with E-state index < -0.39 is 66.0 Å². The molecule has 0 rings (SSSR count). The third-order valence-corrected chi connectivity index (χ3v) is 5.39. The minimum absolute atomic E-state index is 0. The molecule has 56 heavy (non-hydrogen) atoms. The van der Waals surface area contributed by atoms with Gasteiger partial charge in [0.15, 0.2) is 0 Å². The highest BCUT2D eigenvalue weighted by Crippen LogP contribution is 2.08. The Bertz CT molecular complexity index is 1200. The van der Waals surface area contributed by atoms with Crippen molar-refractivity contribution in [3.8, 4) is 0 Å². The first kappa shape index (κ1) is 63.7. The van der Waals surface area contributed by atoms with Gasteiger partial charge in [-0.2, -0.15) is 0 Å². The molecule has 0 saturated carbocycles. The number of carboxylic acids is 1. The Morgan fingerprint density at radius 3 is 1.25 bits per heavy atom. The fourth-order valence-electron chi connectivity index (χ4n) is 2.81. The van der Waals surface area contributed by atoms with Gasteiger partial charge in [0.25, 0.3) is 0 Å². The highest BCUT2D eigenvalue weighted by molar-refractivity contribution is 5.87. The Morgan fingerprint density at radius 2 is 0.964 bits per heavy atom. The Kier molecular flexibility index (Phi) is 37.6. The van der Waals surface area contributed by atoms with Gasteiger partial charge in [-0.05, 0) is 41.5 Å². The summed E-state index contributed by atoms with van der Waals surface area (Å²) >= 11 is 0. The number of aliphatic hydroxyl groups is 1. The number of esters is 2. The smallest absolute Gasteiger partial charge is 0.408 e. The van der Waals surface area contributed by atoms with Crippen LogP contribution in [0.2, 0.25) is 0 Å². The summed E-state index contributed by atoms with van der Waals surface area (Å²) in [6.07, 6.45) is -1.03. The van der Waals surface area contributed by atoms with Gasteiger partial charge in [-0.1, -0.05) is 13.8 Å². The van der Waals surface area contributed by atoms with Crippen LogP contribution in [0.4, 0.5) is 9.59 Å². The highest BCUT2D eigenvalue weighted by atomic mass is 35.5. The van der Waals surface area contributed by atoms with Crippen molar-refractivity contribution < 1.29 is 67.5 Å². The molecule has 0 spiro atoms. The Balaban J connectivity index is -0.000000158. The lowest BCUT2D eigenvalue weighted by atomic mass is 10.2. The lowest BCUT2D eigenvalue weighted by Gasteiger charge is -2.24. The van der Waals surface area contributed by atoms with Crippen molar-refractivity contribution >= 4 is 72.6 Å². The van der Waals surface area contributed by atoms with Crippen molar-refractivity contribution in [3.05, 3.63) is 0 Å². The van der Waals surface area contributed by atoms with Crippen LogP contribution >= 0.6 is 24.8 Å². The van der Waals surface area contributed by atoms with Crippen LogP contribution in [0, 0.1) is 0 Å². The molecule has 3 atom stereocenters. The number of rotatable bonds is 13. The Morgan fingerprint density at radius 1 is 0.625 bits per heavy atom. The van der Waals surface area contributed by atoms with Crippen LogP contribution < -0.4 is 22.1 Å². The molecule has 0 unspecified atom stereocenters. The maximum atomic E-state index is 11.9. The van der Waals surface area contributed by atoms with Gasteiger partial charge < -0.3 is 66.0 Å². The van der Waals surface area contributed by atoms with E-state index in [2.05, 4.69) is 15.4 Å². The molecule has 0 saturated heterocycles. The minimum Gasteiger partial charge on any atom is -0.481 e. The molecule has 0 aromatic rings. The maximum absolute atomic E-state index is 11.9. The number of aliphatic hydroxyl groups excluding tert-OH is 1. The van der Waals surface area contributed by atoms with Crippen molar-refractivity contribution in [3.63, 3.8) is 0 Å². The molecule has 0 bridgehead atoms. The lowest BCUT2D eigenvalue weighted by molar-refractivity contribution is -0.147. The molecule has 21 nitrogen and oxygen atoms in total. The fraction of sp³-hybridized carbons (Fsp3) is 0.758. The molecule has 0 aliphatic carbocycles. The number of ether oxygens (including phenoxy) is 4. The second-order valence-electron chi connectivity index (χ2n) is 13.6. The molecule has 23 heteroatoms. The van der Waals surface area contributed by atoms with Crippen molar-refractivity contribution in [2.75, 3.05) is 68.7 Å². The molecule has 0 aromatic carbocycles. The van der Waals surface area contributed by atoms with Gasteiger partial charge in [-0.25, -0.2) is 9.59 Å². The number of alkyl carbamates (subject to hydrolysis) is 2. The summed E-state index contributed by atoms with van der Waals surface area (Å²) in [7, 11) is 9.34. The largest absolute Gasteiger partial charge is 0.481 e. The third kappa shape index (κ3) is 38.1. The summed E-state index contributed by atoms with van der Waals surface area (Å²) in [4.78, 5) is 92.5. The van der Waals surface area contributed by atoms with Crippen LogP contribution in [0.15, 0.2) is 0 Å². The molecule has 0 aliphatic heterocycles. The van der Waals surface area contributed by atoms with Gasteiger partial charge in [0.1, 0.15) is 42.5 Å². The summed E-state index contributed by atoms with van der Waals surface area (Å²) in [6, 6.07) is -2.74. The van der Waals surface area contributed by atoms with Gasteiger partial charge in [-0.15, -0.1) is 24.8 Å². The summed E-state index contributed by atoms with van der Waals surface area (Å²) in [5.74, 6) is -2.79. The maximum Gasteiger partial charge on any atom is 0.408 e. The molecule has 8 N–H and O–H groups in total. The number of halogens is 2. The van der Waals surface area contributed by atoms with Crippen LogP contribution in [0.5, 0.6) is 0 Å². The van der Waals surface area contributed by atoms with E-state index >= 15 is 0 Å². The fourth-order valence-corrected chi connectivity index (χ4v) is 2.81. The lowest BCUT2D eigenvalue weighted by Crippen LogP contribution is -2.50. The Labute approximate surface area is 342 Å². The zero-order valence-corrected chi connectivity index (χ0v) is 36.7. The molecule has 0 aromatic heterocycles. The molecular formula is C33H67Cl2N7O14. The van der Waals surface area contributed by atoms with Gasteiger partial charge in [0, 0.05) is 55.1 Å². The molecule has 5 amide bonds. The van der Waals surface area contributed by atoms with Crippen molar-refractivity contribution in [1.29, 1.82) is 0 Å². The molecule has 0 fully saturated rings. The van der Waals surface area contributed by atoms with Gasteiger partial charge >= 0.3 is 30.1 Å². The average molecular weight is 857 g/mol. The van der Waals surface area contributed by atoms with Crippen LogP contribution in [0.25, 0.3) is 0 Å². The molecular weight excluding hydrogens is 789 g/mol. The Hall–Kier alpha value is -4.18. The quantitative estimate of drug-likeness (QED) is 0.106. The summed E-state index contributed by atoms with van der Waals surface area (Å²) in [6.45, 7) is 12.5. The molecule has 0 aliphatic rings. The van der Waals surface area contributed by atoms with Crippen LogP contribution in [-0.2, 0) is 47.7 Å². The standard InChI is InChI=1S/C13H24N2O5.C10H20N2O4.C7H15N3O3.C3H6O2.2ClH/c1-7-10(16)19-8-9(11(17)15(5)6)14-12(18)20-13(2,3)4;1-10(2,3)16-9(15)11-7(6-13)8(14)12(4)5;1-10(2)7(12)5(9)4-13-6(11)3-8;1-2-3(4)5;;/h9H,7-8H2,1-6H3,(H,14,18);7,13H,6H2,1-5H3,(H,11,15);5H,3-4,8-9H2,1-2H3;2H2,1H3,(H,4,5);2*1H/t9-;7-;5-;;;/m000.../s1. The minimum atomic E-state index is -0.968. The normalized spacial score (nSPS) is 11.5. The zero-order chi connectivity index (χ0) is 43.6. The first-order valence-corrected chi connectivity index (χ1v) is 16.7. The first-order chi connectivity index (χ1) is 24.5. The number of carboxylic acid groups (broad SMARTS) is 1. The number of carbonyl (C=O) groups is 8. The molecule has 332 valence electrons. The number of nitrogens with one attached hydrogen (secondary N) is 2. The highest BCUT2D eigenvalue weighted by Gasteiger charge is 2.27. The number of carbonyl (C=O) groups excluding carboxylic acids is 7. The predicted octanol–water partition coefficient (Wildman–Crippen LogP) is 0.110. The second kappa shape index (κ2) is 33.0. The van der Waals surface area contributed by atoms with E-state index in [1.54, 1.807) is 97.7 Å². The monoisotopic (exact) mass is 855 g/mol. The van der Waals surface area contributed by atoms with Gasteiger partial charge in [0.05, 0.1) is 13.2 Å². The number of nitrogens with zero attached hydrogens (tertiary/aromatic N) is 3. The van der Waals surface area contributed by atoms with E-state index in [-0.39, 0.29) is 75.1 Å². The van der Waals surface area contributed by atoms with Crippen molar-refractivity contribution in [2.24, 2.45) is 11.5 Å². The second-order valence-corrected chi connectivity index (χ2v) is 13.6. The summed E-state index contributed by atoms with van der Waals surface area (Å²) in [5.41, 5.74) is 9.09. The molecule has 0 radical (unpaired) electrons. The summed E-state index contributed by atoms with van der Waals surface area (Å²) < 4.78 is 19.5. The van der Waals surface area contributed by atoms with E-state index in [1.807, 2.05) is 0 Å². The van der Waals surface area contributed by atoms with Gasteiger partial charge in [0.2, 0.25) is 17.7 Å². The number of hydrogen-bond acceptors (Lipinski definition) is 15. The number of amides is 5. The summed E-state index contributed by atoms with van der Waals surface area (Å²) in [5, 5.41) is 21.4. The van der Waals surface area contributed by atoms with Crippen LogP contribution in [0.3, 0.4) is 0 Å². The van der Waals surface area contributed by atoms with E-state index in [1.165, 1.54) is 14.7 Å². The number of aliphatic carboxylic acids is 1. The van der Waals surface area contributed by atoms with Crippen molar-refractivity contribution in [2.45, 2.75) is 97.6 Å². The first-order valence-electron chi connectivity index (χ1n) is 16.7. The van der Waals surface area contributed by atoms with E-state index in [9.17, 15) is 38.4 Å². The predicted molar refractivity (Wildman–Crippen MR) is 211 cm³/mol. The average Bonchev–Trinajstić information content (AvgIpc) is 3.05. The topological polar surface area (TPSA) is 300 Å². The third-order valence-electron chi connectivity index (χ3n) is 5.39. The van der Waals surface area contributed by atoms with Crippen LogP contribution in [-0.4, -0.2) is 171 Å². The van der Waals surface area contributed by atoms with Crippen LogP contribution in [0.1, 0.15) is 68.2 Å². The van der Waals surface area contributed by atoms with Crippen molar-refractivity contribution in [1.82, 2.24) is 25.3 Å². The van der Waals surface area contributed by atoms with E-state index in [4.69, 9.17) is 35.9 Å².